The van der Waals surface area contributed by atoms with Crippen LogP contribution in [0.3, 0.4) is 0 Å². The number of rotatable bonds is 8. The summed E-state index contributed by atoms with van der Waals surface area (Å²) in [7, 11) is 0. The lowest BCUT2D eigenvalue weighted by Gasteiger charge is -2.35. The van der Waals surface area contributed by atoms with Gasteiger partial charge in [0, 0.05) is 24.3 Å². The average Bonchev–Trinajstić information content (AvgIpc) is 2.84. The summed E-state index contributed by atoms with van der Waals surface area (Å²) in [5.74, 6) is 0. The van der Waals surface area contributed by atoms with E-state index in [1.165, 1.54) is 24.2 Å². The molecule has 0 bridgehead atoms. The first-order valence-corrected chi connectivity index (χ1v) is 8.59. The van der Waals surface area contributed by atoms with E-state index in [2.05, 4.69) is 64.5 Å². The molecule has 3 heteroatoms. The highest BCUT2D eigenvalue weighted by molar-refractivity contribution is 5.13. The quantitative estimate of drug-likeness (QED) is 0.778. The van der Waals surface area contributed by atoms with Gasteiger partial charge in [-0.05, 0) is 64.9 Å². The van der Waals surface area contributed by atoms with Gasteiger partial charge in [-0.25, -0.2) is 0 Å². The van der Waals surface area contributed by atoms with E-state index in [0.29, 0.717) is 5.41 Å². The molecule has 21 heavy (non-hydrogen) atoms. The maximum Gasteiger partial charge on any atom is 0.0624 e. The van der Waals surface area contributed by atoms with Gasteiger partial charge in [0.05, 0.1) is 5.69 Å². The van der Waals surface area contributed by atoms with Gasteiger partial charge >= 0.3 is 0 Å². The smallest absolute Gasteiger partial charge is 0.0624 e. The molecule has 1 heterocycles. The molecule has 1 rings (SSSR count). The summed E-state index contributed by atoms with van der Waals surface area (Å²) in [6.07, 6.45) is 4.53. The number of hydrogen-bond donors (Lipinski definition) is 1. The lowest BCUT2D eigenvalue weighted by molar-refractivity contribution is 0.215. The first-order valence-electron chi connectivity index (χ1n) is 8.59. The molecule has 0 aromatic carbocycles. The second-order valence-electron chi connectivity index (χ2n) is 7.28. The van der Waals surface area contributed by atoms with E-state index < -0.39 is 0 Å². The molecule has 0 unspecified atom stereocenters. The van der Waals surface area contributed by atoms with Gasteiger partial charge in [-0.3, -0.25) is 4.68 Å². The Bertz CT molecular complexity index is 422. The summed E-state index contributed by atoms with van der Waals surface area (Å²) in [6, 6.07) is 2.31. The van der Waals surface area contributed by atoms with Crippen molar-refractivity contribution < 1.29 is 0 Å². The Morgan fingerprint density at radius 1 is 1.10 bits per heavy atom. The molecular formula is C18H35N3. The van der Waals surface area contributed by atoms with Gasteiger partial charge in [-0.1, -0.05) is 20.8 Å². The highest BCUT2D eigenvalue weighted by atomic mass is 15.3. The monoisotopic (exact) mass is 293 g/mol. The summed E-state index contributed by atoms with van der Waals surface area (Å²) in [5, 5.41) is 8.42. The van der Waals surface area contributed by atoms with E-state index in [9.17, 15) is 0 Å². The zero-order valence-electron chi connectivity index (χ0n) is 15.2. The Labute approximate surface area is 131 Å². The minimum atomic E-state index is 0.176. The van der Waals surface area contributed by atoms with Gasteiger partial charge < -0.3 is 5.32 Å². The van der Waals surface area contributed by atoms with Gasteiger partial charge in [0.1, 0.15) is 0 Å². The first-order chi connectivity index (χ1) is 9.79. The van der Waals surface area contributed by atoms with Crippen LogP contribution in [-0.4, -0.2) is 21.9 Å². The number of aryl methyl sites for hydroxylation is 2. The zero-order valence-corrected chi connectivity index (χ0v) is 15.2. The van der Waals surface area contributed by atoms with Gasteiger partial charge in [0.2, 0.25) is 0 Å². The molecule has 1 aromatic rings. The Morgan fingerprint density at radius 2 is 1.71 bits per heavy atom. The zero-order chi connectivity index (χ0) is 16.1. The molecule has 0 fully saturated rings. The Hall–Kier alpha value is -0.830. The molecule has 0 amide bonds. The first kappa shape index (κ1) is 18.2. The van der Waals surface area contributed by atoms with E-state index in [1.54, 1.807) is 0 Å². The normalized spacial score (nSPS) is 12.9. The van der Waals surface area contributed by atoms with Crippen LogP contribution in [-0.2, 0) is 19.4 Å². The van der Waals surface area contributed by atoms with Crippen LogP contribution in [0.4, 0.5) is 0 Å². The molecule has 0 spiro atoms. The largest absolute Gasteiger partial charge is 0.312 e. The fourth-order valence-corrected chi connectivity index (χ4v) is 2.75. The van der Waals surface area contributed by atoms with Gasteiger partial charge in [-0.15, -0.1) is 0 Å². The number of nitrogens with zero attached hydrogens (tertiary/aromatic N) is 2. The molecular weight excluding hydrogens is 258 g/mol. The van der Waals surface area contributed by atoms with Crippen LogP contribution in [0.1, 0.15) is 72.7 Å². The summed E-state index contributed by atoms with van der Waals surface area (Å²) >= 11 is 0. The van der Waals surface area contributed by atoms with Gasteiger partial charge in [-0.2, -0.15) is 5.10 Å². The molecule has 0 saturated carbocycles. The summed E-state index contributed by atoms with van der Waals surface area (Å²) in [5.41, 5.74) is 3.12. The van der Waals surface area contributed by atoms with E-state index in [4.69, 9.17) is 5.10 Å². The average molecular weight is 293 g/mol. The molecule has 122 valence electrons. The van der Waals surface area contributed by atoms with Crippen LogP contribution in [0, 0.1) is 5.41 Å². The summed E-state index contributed by atoms with van der Waals surface area (Å²) in [4.78, 5) is 0. The number of hydrogen-bond acceptors (Lipinski definition) is 2. The predicted molar refractivity (Wildman–Crippen MR) is 91.8 cm³/mol. The third-order valence-electron chi connectivity index (χ3n) is 4.63. The van der Waals surface area contributed by atoms with Crippen molar-refractivity contribution >= 4 is 0 Å². The third kappa shape index (κ3) is 5.14. The highest BCUT2D eigenvalue weighted by Gasteiger charge is 2.29. The van der Waals surface area contributed by atoms with Crippen molar-refractivity contribution in [3.8, 4) is 0 Å². The second-order valence-corrected chi connectivity index (χ2v) is 7.28. The molecule has 1 N–H and O–H groups in total. The Balaban J connectivity index is 2.93. The SMILES string of the molecule is CCc1cc(CC(CC)(CC)CNC(C)(C)C)n(CC)n1. The fraction of sp³-hybridized carbons (Fsp3) is 0.833. The van der Waals surface area contributed by atoms with Crippen molar-refractivity contribution in [2.45, 2.75) is 86.2 Å². The fourth-order valence-electron chi connectivity index (χ4n) is 2.75. The molecule has 1 aromatic heterocycles. The van der Waals surface area contributed by atoms with Crippen molar-refractivity contribution in [2.75, 3.05) is 6.54 Å². The predicted octanol–water partition coefficient (Wildman–Crippen LogP) is 4.20. The molecule has 0 atom stereocenters. The number of aromatic nitrogens is 2. The second kappa shape index (κ2) is 7.44. The molecule has 0 aliphatic heterocycles. The van der Waals surface area contributed by atoms with E-state index in [-0.39, 0.29) is 5.54 Å². The molecule has 3 nitrogen and oxygen atoms in total. The molecule has 0 aliphatic rings. The van der Waals surface area contributed by atoms with Crippen molar-refractivity contribution in [1.29, 1.82) is 0 Å². The minimum Gasteiger partial charge on any atom is -0.312 e. The van der Waals surface area contributed by atoms with Gasteiger partial charge in [0.15, 0.2) is 0 Å². The molecule has 0 aliphatic carbocycles. The van der Waals surface area contributed by atoms with Crippen LogP contribution in [0.25, 0.3) is 0 Å². The van der Waals surface area contributed by atoms with Crippen LogP contribution in [0.15, 0.2) is 6.07 Å². The van der Waals surface area contributed by atoms with E-state index >= 15 is 0 Å². The van der Waals surface area contributed by atoms with E-state index in [1.807, 2.05) is 0 Å². The van der Waals surface area contributed by atoms with Crippen LogP contribution in [0.2, 0.25) is 0 Å². The maximum absolute atomic E-state index is 4.71. The molecule has 0 radical (unpaired) electrons. The van der Waals surface area contributed by atoms with Crippen molar-refractivity contribution in [1.82, 2.24) is 15.1 Å². The lowest BCUT2D eigenvalue weighted by Crippen LogP contribution is -2.44. The summed E-state index contributed by atoms with van der Waals surface area (Å²) < 4.78 is 2.19. The van der Waals surface area contributed by atoms with Crippen molar-refractivity contribution in [3.63, 3.8) is 0 Å². The van der Waals surface area contributed by atoms with Crippen molar-refractivity contribution in [3.05, 3.63) is 17.5 Å². The third-order valence-corrected chi connectivity index (χ3v) is 4.63. The van der Waals surface area contributed by atoms with Crippen LogP contribution in [0.5, 0.6) is 0 Å². The van der Waals surface area contributed by atoms with Gasteiger partial charge in [0.25, 0.3) is 0 Å². The highest BCUT2D eigenvalue weighted by Crippen LogP contribution is 2.31. The lowest BCUT2D eigenvalue weighted by atomic mass is 9.77. The maximum atomic E-state index is 4.71. The Kier molecular flexibility index (Phi) is 6.45. The minimum absolute atomic E-state index is 0.176. The van der Waals surface area contributed by atoms with Crippen LogP contribution < -0.4 is 5.32 Å². The molecule has 0 saturated heterocycles. The summed E-state index contributed by atoms with van der Waals surface area (Å²) in [6.45, 7) is 17.8. The van der Waals surface area contributed by atoms with Crippen molar-refractivity contribution in [2.24, 2.45) is 5.41 Å². The number of nitrogens with one attached hydrogen (secondary N) is 1. The standard InChI is InChI=1S/C18H35N3/c1-8-15-12-16(21(11-4)20-15)13-18(9-2,10-3)14-19-17(5,6)7/h12,19H,8-11,13-14H2,1-7H3. The topological polar surface area (TPSA) is 29.9 Å². The van der Waals surface area contributed by atoms with E-state index in [0.717, 1.165) is 25.9 Å². The Morgan fingerprint density at radius 3 is 2.14 bits per heavy atom. The van der Waals surface area contributed by atoms with Crippen LogP contribution >= 0.6 is 0 Å².